The maximum Gasteiger partial charge on any atom is 0.169 e. The number of para-hydroxylation sites is 2. The highest BCUT2D eigenvalue weighted by molar-refractivity contribution is 6.16. The maximum absolute atomic E-state index is 5.19. The SMILES string of the molecule is c1ccc(C2=NC(c3ccc4ccc5ccccc5c4c3)N=C(c3ccc(-n4c5ccccc5c5ccccc54)cc3)N2)cc1. The summed E-state index contributed by atoms with van der Waals surface area (Å²) >= 11 is 0. The van der Waals surface area contributed by atoms with Crippen molar-refractivity contribution in [1.29, 1.82) is 0 Å². The third-order valence-corrected chi connectivity index (χ3v) is 8.83. The van der Waals surface area contributed by atoms with Crippen LogP contribution in [0.4, 0.5) is 0 Å². The molecule has 1 N–H and O–H groups in total. The molecule has 1 atom stereocenters. The number of rotatable bonds is 4. The Kier molecular flexibility index (Phi) is 5.85. The Bertz CT molecular complexity index is 2400. The van der Waals surface area contributed by atoms with E-state index in [9.17, 15) is 0 Å². The molecule has 2 heterocycles. The van der Waals surface area contributed by atoms with Gasteiger partial charge in [0, 0.05) is 27.6 Å². The summed E-state index contributed by atoms with van der Waals surface area (Å²) in [6.45, 7) is 0. The highest BCUT2D eigenvalue weighted by Crippen LogP contribution is 2.33. The fraction of sp³-hybridized carbons (Fsp3) is 0.0244. The van der Waals surface area contributed by atoms with Crippen LogP contribution in [0.3, 0.4) is 0 Å². The molecule has 212 valence electrons. The lowest BCUT2D eigenvalue weighted by molar-refractivity contribution is 0.757. The van der Waals surface area contributed by atoms with Crippen molar-refractivity contribution in [1.82, 2.24) is 9.88 Å². The molecule has 0 aliphatic carbocycles. The molecular formula is C41H28N4. The van der Waals surface area contributed by atoms with Crippen molar-refractivity contribution < 1.29 is 0 Å². The summed E-state index contributed by atoms with van der Waals surface area (Å²) in [5.74, 6) is 1.62. The molecule has 0 amide bonds. The monoisotopic (exact) mass is 576 g/mol. The van der Waals surface area contributed by atoms with Gasteiger partial charge in [-0.05, 0) is 69.6 Å². The fourth-order valence-corrected chi connectivity index (χ4v) is 6.64. The standard InChI is InChI=1S/C41H28N4/c1-2-11-29(12-3-1)39-42-40(44-41(43-39)31-21-20-28-19-18-27-10-4-5-13-33(27)36(28)26-31)30-22-24-32(25-23-30)45-37-16-8-6-14-34(37)35-15-7-9-17-38(35)45/h1-26,41H,(H,42,43,44). The van der Waals surface area contributed by atoms with Crippen LogP contribution in [0.2, 0.25) is 0 Å². The number of hydrogen-bond donors (Lipinski definition) is 1. The fourth-order valence-electron chi connectivity index (χ4n) is 6.64. The van der Waals surface area contributed by atoms with E-state index >= 15 is 0 Å². The minimum atomic E-state index is -0.378. The van der Waals surface area contributed by atoms with Gasteiger partial charge in [-0.15, -0.1) is 0 Å². The Morgan fingerprint density at radius 2 is 0.978 bits per heavy atom. The number of aromatic nitrogens is 1. The lowest BCUT2D eigenvalue weighted by atomic mass is 9.99. The molecule has 1 aliphatic heterocycles. The Balaban J connectivity index is 1.15. The van der Waals surface area contributed by atoms with Crippen LogP contribution >= 0.6 is 0 Å². The van der Waals surface area contributed by atoms with Gasteiger partial charge in [0.1, 0.15) is 11.7 Å². The van der Waals surface area contributed by atoms with Gasteiger partial charge in [-0.2, -0.15) is 0 Å². The van der Waals surface area contributed by atoms with Gasteiger partial charge in [0.2, 0.25) is 0 Å². The molecule has 0 spiro atoms. The number of aliphatic imine (C=N–C) groups is 2. The Morgan fingerprint density at radius 3 is 1.67 bits per heavy atom. The number of amidine groups is 2. The number of hydrogen-bond acceptors (Lipinski definition) is 3. The average Bonchev–Trinajstić information content (AvgIpc) is 3.46. The highest BCUT2D eigenvalue weighted by Gasteiger charge is 2.21. The minimum Gasteiger partial charge on any atom is -0.324 e. The number of benzene rings is 7. The van der Waals surface area contributed by atoms with Crippen LogP contribution in [0.15, 0.2) is 168 Å². The van der Waals surface area contributed by atoms with Crippen LogP contribution in [0.25, 0.3) is 49.0 Å². The largest absolute Gasteiger partial charge is 0.324 e. The van der Waals surface area contributed by atoms with Crippen LogP contribution in [0.5, 0.6) is 0 Å². The van der Waals surface area contributed by atoms with Crippen molar-refractivity contribution >= 4 is 55.0 Å². The first-order valence-corrected chi connectivity index (χ1v) is 15.3. The molecule has 0 bridgehead atoms. The summed E-state index contributed by atoms with van der Waals surface area (Å²) in [6, 6.07) is 55.7. The van der Waals surface area contributed by atoms with Crippen molar-refractivity contribution in [2.75, 3.05) is 0 Å². The number of nitrogens with one attached hydrogen (secondary N) is 1. The minimum absolute atomic E-state index is 0.378. The van der Waals surface area contributed by atoms with E-state index in [0.29, 0.717) is 0 Å². The van der Waals surface area contributed by atoms with Gasteiger partial charge in [-0.1, -0.05) is 115 Å². The van der Waals surface area contributed by atoms with Crippen molar-refractivity contribution in [2.45, 2.75) is 6.17 Å². The first-order valence-electron chi connectivity index (χ1n) is 15.3. The third kappa shape index (κ3) is 4.30. The van der Waals surface area contributed by atoms with E-state index in [2.05, 4.69) is 149 Å². The molecule has 9 rings (SSSR count). The van der Waals surface area contributed by atoms with E-state index < -0.39 is 0 Å². The number of fused-ring (bicyclic) bond motifs is 6. The Morgan fingerprint density at radius 1 is 0.444 bits per heavy atom. The quantitative estimate of drug-likeness (QED) is 0.208. The van der Waals surface area contributed by atoms with Gasteiger partial charge >= 0.3 is 0 Å². The topological polar surface area (TPSA) is 41.7 Å². The molecular weight excluding hydrogens is 548 g/mol. The van der Waals surface area contributed by atoms with Crippen molar-refractivity contribution in [3.05, 3.63) is 174 Å². The summed E-state index contributed by atoms with van der Waals surface area (Å²) in [6.07, 6.45) is -0.378. The summed E-state index contributed by atoms with van der Waals surface area (Å²) in [5, 5.41) is 11.0. The molecule has 0 saturated carbocycles. The molecule has 7 aromatic carbocycles. The van der Waals surface area contributed by atoms with Gasteiger partial charge in [-0.3, -0.25) is 0 Å². The molecule has 0 saturated heterocycles. The van der Waals surface area contributed by atoms with Crippen LogP contribution in [0, 0.1) is 0 Å². The molecule has 0 fully saturated rings. The van der Waals surface area contributed by atoms with Gasteiger partial charge in [0.15, 0.2) is 6.17 Å². The second-order valence-corrected chi connectivity index (χ2v) is 11.5. The zero-order valence-corrected chi connectivity index (χ0v) is 24.4. The zero-order chi connectivity index (χ0) is 29.7. The second kappa shape index (κ2) is 10.3. The summed E-state index contributed by atoms with van der Waals surface area (Å²) in [5.41, 5.74) is 6.61. The predicted molar refractivity (Wildman–Crippen MR) is 188 cm³/mol. The summed E-state index contributed by atoms with van der Waals surface area (Å²) < 4.78 is 2.34. The average molecular weight is 577 g/mol. The van der Waals surface area contributed by atoms with Crippen molar-refractivity contribution in [2.24, 2.45) is 9.98 Å². The zero-order valence-electron chi connectivity index (χ0n) is 24.4. The Labute approximate surface area is 260 Å². The molecule has 45 heavy (non-hydrogen) atoms. The van der Waals surface area contributed by atoms with Crippen LogP contribution in [-0.4, -0.2) is 16.2 Å². The van der Waals surface area contributed by atoms with E-state index in [1.807, 2.05) is 18.2 Å². The predicted octanol–water partition coefficient (Wildman–Crippen LogP) is 9.59. The summed E-state index contributed by atoms with van der Waals surface area (Å²) in [4.78, 5) is 10.3. The van der Waals surface area contributed by atoms with Gasteiger partial charge in [0.05, 0.1) is 11.0 Å². The van der Waals surface area contributed by atoms with Gasteiger partial charge in [-0.25, -0.2) is 9.98 Å². The normalized spacial score (nSPS) is 14.9. The van der Waals surface area contributed by atoms with Gasteiger partial charge in [0.25, 0.3) is 0 Å². The third-order valence-electron chi connectivity index (χ3n) is 8.83. The summed E-state index contributed by atoms with van der Waals surface area (Å²) in [7, 11) is 0. The lowest BCUT2D eigenvalue weighted by Crippen LogP contribution is -2.36. The second-order valence-electron chi connectivity index (χ2n) is 11.5. The smallest absolute Gasteiger partial charge is 0.169 e. The van der Waals surface area contributed by atoms with E-state index in [1.54, 1.807) is 0 Å². The molecule has 8 aromatic rings. The molecule has 0 radical (unpaired) electrons. The first kappa shape index (κ1) is 25.5. The van der Waals surface area contributed by atoms with E-state index in [-0.39, 0.29) is 6.17 Å². The maximum atomic E-state index is 5.19. The first-order chi connectivity index (χ1) is 22.3. The molecule has 1 aromatic heterocycles. The molecule has 1 unspecified atom stereocenters. The van der Waals surface area contributed by atoms with Crippen LogP contribution in [0.1, 0.15) is 22.9 Å². The van der Waals surface area contributed by atoms with E-state index in [4.69, 9.17) is 9.98 Å². The van der Waals surface area contributed by atoms with E-state index in [1.165, 1.54) is 43.4 Å². The van der Waals surface area contributed by atoms with Gasteiger partial charge < -0.3 is 9.88 Å². The lowest BCUT2D eigenvalue weighted by Gasteiger charge is -2.23. The molecule has 4 heteroatoms. The number of nitrogens with zero attached hydrogens (tertiary/aromatic N) is 3. The van der Waals surface area contributed by atoms with Crippen molar-refractivity contribution in [3.8, 4) is 5.69 Å². The van der Waals surface area contributed by atoms with E-state index in [0.717, 1.165) is 34.0 Å². The molecule has 4 nitrogen and oxygen atoms in total. The molecule has 1 aliphatic rings. The van der Waals surface area contributed by atoms with Crippen molar-refractivity contribution in [3.63, 3.8) is 0 Å². The highest BCUT2D eigenvalue weighted by atomic mass is 15.2. The van der Waals surface area contributed by atoms with Crippen LogP contribution < -0.4 is 5.32 Å². The Hall–Kier alpha value is -6.00. The van der Waals surface area contributed by atoms with Crippen LogP contribution in [-0.2, 0) is 0 Å².